The molecule has 17 heavy (non-hydrogen) atoms. The Bertz CT molecular complexity index is 317. The molecule has 0 aromatic rings. The monoisotopic (exact) mass is 242 g/mol. The van der Waals surface area contributed by atoms with Crippen molar-refractivity contribution in [3.8, 4) is 0 Å². The third-order valence-electron chi connectivity index (χ3n) is 2.85. The van der Waals surface area contributed by atoms with E-state index < -0.39 is 12.0 Å². The fourth-order valence-corrected chi connectivity index (χ4v) is 1.82. The van der Waals surface area contributed by atoms with E-state index in [1.807, 2.05) is 0 Å². The molecule has 96 valence electrons. The molecule has 0 aromatic carbocycles. The summed E-state index contributed by atoms with van der Waals surface area (Å²) < 4.78 is 0. The van der Waals surface area contributed by atoms with Gasteiger partial charge in [0, 0.05) is 25.9 Å². The van der Waals surface area contributed by atoms with E-state index in [0.29, 0.717) is 32.4 Å². The average Bonchev–Trinajstić information content (AvgIpc) is 2.27. The van der Waals surface area contributed by atoms with Gasteiger partial charge < -0.3 is 15.3 Å². The number of unbranched alkanes of at least 4 members (excludes halogenated alkanes) is 1. The molecule has 0 aliphatic carbocycles. The van der Waals surface area contributed by atoms with Gasteiger partial charge in [-0.15, -0.1) is 0 Å². The molecule has 0 bridgehead atoms. The van der Waals surface area contributed by atoms with E-state index in [9.17, 15) is 14.4 Å². The van der Waals surface area contributed by atoms with Crippen LogP contribution in [0.2, 0.25) is 0 Å². The average molecular weight is 242 g/mol. The summed E-state index contributed by atoms with van der Waals surface area (Å²) in [7, 11) is 0. The van der Waals surface area contributed by atoms with Crippen molar-refractivity contribution in [3.63, 3.8) is 0 Å². The van der Waals surface area contributed by atoms with Crippen molar-refractivity contribution in [1.29, 1.82) is 0 Å². The maximum Gasteiger partial charge on any atom is 0.303 e. The van der Waals surface area contributed by atoms with Crippen LogP contribution in [0.4, 0.5) is 0 Å². The summed E-state index contributed by atoms with van der Waals surface area (Å²) >= 11 is 0. The van der Waals surface area contributed by atoms with Crippen LogP contribution in [-0.2, 0) is 14.4 Å². The summed E-state index contributed by atoms with van der Waals surface area (Å²) in [5, 5.41) is 11.1. The van der Waals surface area contributed by atoms with Crippen molar-refractivity contribution in [2.45, 2.75) is 38.6 Å². The zero-order chi connectivity index (χ0) is 12.8. The number of aliphatic carboxylic acids is 1. The van der Waals surface area contributed by atoms with Gasteiger partial charge in [-0.1, -0.05) is 0 Å². The molecule has 2 amide bonds. The van der Waals surface area contributed by atoms with E-state index in [1.54, 1.807) is 11.8 Å². The first kappa shape index (κ1) is 13.5. The largest absolute Gasteiger partial charge is 0.481 e. The molecule has 0 radical (unpaired) electrons. The second-order valence-electron chi connectivity index (χ2n) is 4.15. The lowest BCUT2D eigenvalue weighted by molar-refractivity contribution is -0.142. The van der Waals surface area contributed by atoms with Crippen LogP contribution in [0.5, 0.6) is 0 Å². The number of nitrogens with one attached hydrogen (secondary N) is 1. The van der Waals surface area contributed by atoms with Crippen LogP contribution >= 0.6 is 0 Å². The van der Waals surface area contributed by atoms with Crippen molar-refractivity contribution >= 4 is 17.8 Å². The minimum absolute atomic E-state index is 0.0715. The first-order valence-electron chi connectivity index (χ1n) is 5.81. The van der Waals surface area contributed by atoms with Gasteiger partial charge in [0.05, 0.1) is 0 Å². The van der Waals surface area contributed by atoms with Crippen LogP contribution in [0.15, 0.2) is 0 Å². The molecule has 0 spiro atoms. The summed E-state index contributed by atoms with van der Waals surface area (Å²) in [4.78, 5) is 35.0. The van der Waals surface area contributed by atoms with Crippen molar-refractivity contribution in [2.75, 3.05) is 13.1 Å². The Kier molecular flexibility index (Phi) is 4.93. The van der Waals surface area contributed by atoms with Crippen molar-refractivity contribution in [3.05, 3.63) is 0 Å². The third kappa shape index (κ3) is 4.05. The number of carbonyl (C=O) groups is 3. The van der Waals surface area contributed by atoms with E-state index in [-0.39, 0.29) is 18.2 Å². The summed E-state index contributed by atoms with van der Waals surface area (Å²) in [6.07, 6.45) is 1.44. The molecule has 0 aromatic heterocycles. The first-order valence-corrected chi connectivity index (χ1v) is 5.81. The topological polar surface area (TPSA) is 86.7 Å². The second-order valence-corrected chi connectivity index (χ2v) is 4.15. The quantitative estimate of drug-likeness (QED) is 0.663. The number of carboxylic acid groups (broad SMARTS) is 1. The first-order chi connectivity index (χ1) is 8.02. The molecule has 6 heteroatoms. The number of hydrogen-bond donors (Lipinski definition) is 2. The number of rotatable bonds is 5. The number of carbonyl (C=O) groups excluding carboxylic acids is 2. The van der Waals surface area contributed by atoms with E-state index in [2.05, 4.69) is 5.32 Å². The van der Waals surface area contributed by atoms with Gasteiger partial charge in [-0.25, -0.2) is 0 Å². The number of nitrogens with zero attached hydrogens (tertiary/aromatic N) is 1. The molecule has 6 nitrogen and oxygen atoms in total. The van der Waals surface area contributed by atoms with Gasteiger partial charge in [0.15, 0.2) is 0 Å². The number of carboxylic acids is 1. The van der Waals surface area contributed by atoms with Gasteiger partial charge in [0.1, 0.15) is 6.04 Å². The maximum absolute atomic E-state index is 11.8. The Morgan fingerprint density at radius 1 is 1.41 bits per heavy atom. The number of piperazine rings is 1. The van der Waals surface area contributed by atoms with Crippen LogP contribution in [0.25, 0.3) is 0 Å². The number of amides is 2. The summed E-state index contributed by atoms with van der Waals surface area (Å²) in [5.41, 5.74) is 0. The standard InChI is InChI=1S/C11H18N2O4/c1-8-11(17)12-6-7-13(8)9(14)4-2-3-5-10(15)16/h8H,2-7H2,1H3,(H,12,17)(H,15,16). The van der Waals surface area contributed by atoms with Crippen LogP contribution in [0.1, 0.15) is 32.6 Å². The Hall–Kier alpha value is -1.59. The van der Waals surface area contributed by atoms with E-state index in [1.165, 1.54) is 0 Å². The third-order valence-corrected chi connectivity index (χ3v) is 2.85. The van der Waals surface area contributed by atoms with E-state index in [4.69, 9.17) is 5.11 Å². The maximum atomic E-state index is 11.8. The van der Waals surface area contributed by atoms with Crippen molar-refractivity contribution in [2.24, 2.45) is 0 Å². The lowest BCUT2D eigenvalue weighted by Gasteiger charge is -2.32. The second kappa shape index (κ2) is 6.22. The lowest BCUT2D eigenvalue weighted by Crippen LogP contribution is -2.55. The molecule has 1 aliphatic heterocycles. The Morgan fingerprint density at radius 2 is 2.06 bits per heavy atom. The molecule has 1 rings (SSSR count). The van der Waals surface area contributed by atoms with E-state index >= 15 is 0 Å². The predicted molar refractivity (Wildman–Crippen MR) is 60.3 cm³/mol. The molecule has 1 heterocycles. The molecule has 1 atom stereocenters. The minimum atomic E-state index is -0.844. The van der Waals surface area contributed by atoms with Gasteiger partial charge in [-0.05, 0) is 19.8 Å². The van der Waals surface area contributed by atoms with Gasteiger partial charge in [0.2, 0.25) is 11.8 Å². The lowest BCUT2D eigenvalue weighted by atomic mass is 10.1. The summed E-state index contributed by atoms with van der Waals surface area (Å²) in [6, 6.07) is -0.421. The zero-order valence-corrected chi connectivity index (χ0v) is 9.94. The Morgan fingerprint density at radius 3 is 2.71 bits per heavy atom. The summed E-state index contributed by atoms with van der Waals surface area (Å²) in [6.45, 7) is 2.72. The molecule has 1 fully saturated rings. The highest BCUT2D eigenvalue weighted by Crippen LogP contribution is 2.09. The van der Waals surface area contributed by atoms with Crippen molar-refractivity contribution < 1.29 is 19.5 Å². The van der Waals surface area contributed by atoms with Crippen LogP contribution < -0.4 is 5.32 Å². The van der Waals surface area contributed by atoms with Crippen LogP contribution in [0.3, 0.4) is 0 Å². The van der Waals surface area contributed by atoms with Gasteiger partial charge in [-0.3, -0.25) is 14.4 Å². The fourth-order valence-electron chi connectivity index (χ4n) is 1.82. The Labute approximate surface area is 100.0 Å². The fraction of sp³-hybridized carbons (Fsp3) is 0.727. The molecular formula is C11H18N2O4. The normalized spacial score (nSPS) is 19.9. The minimum Gasteiger partial charge on any atom is -0.481 e. The molecule has 1 unspecified atom stereocenters. The Balaban J connectivity index is 2.31. The van der Waals surface area contributed by atoms with Gasteiger partial charge in [0.25, 0.3) is 0 Å². The highest BCUT2D eigenvalue weighted by atomic mass is 16.4. The molecule has 1 aliphatic rings. The van der Waals surface area contributed by atoms with Crippen molar-refractivity contribution in [1.82, 2.24) is 10.2 Å². The molecular weight excluding hydrogens is 224 g/mol. The zero-order valence-electron chi connectivity index (χ0n) is 9.94. The highest BCUT2D eigenvalue weighted by Gasteiger charge is 2.28. The SMILES string of the molecule is CC1C(=O)NCCN1C(=O)CCCCC(=O)O. The smallest absolute Gasteiger partial charge is 0.303 e. The van der Waals surface area contributed by atoms with Gasteiger partial charge >= 0.3 is 5.97 Å². The number of hydrogen-bond acceptors (Lipinski definition) is 3. The molecule has 1 saturated heterocycles. The predicted octanol–water partition coefficient (Wildman–Crippen LogP) is -0.0217. The van der Waals surface area contributed by atoms with Crippen LogP contribution in [0, 0.1) is 0 Å². The molecule has 2 N–H and O–H groups in total. The molecule has 0 saturated carbocycles. The van der Waals surface area contributed by atoms with E-state index in [0.717, 1.165) is 0 Å². The van der Waals surface area contributed by atoms with Gasteiger partial charge in [-0.2, -0.15) is 0 Å². The highest BCUT2D eigenvalue weighted by molar-refractivity contribution is 5.88. The van der Waals surface area contributed by atoms with Crippen LogP contribution in [-0.4, -0.2) is 46.9 Å². The summed E-state index contributed by atoms with van der Waals surface area (Å²) in [5.74, 6) is -1.05.